The molecule has 1 aliphatic heterocycles. The highest BCUT2D eigenvalue weighted by atomic mass is 35.5. The molecule has 2 unspecified atom stereocenters. The summed E-state index contributed by atoms with van der Waals surface area (Å²) in [6.45, 7) is 4.94. The Hall–Kier alpha value is -0.850. The van der Waals surface area contributed by atoms with Crippen molar-refractivity contribution in [3.05, 3.63) is 35.4 Å². The Balaban J connectivity index is 0.00000288. The average molecular weight is 392 g/mol. The number of carbonyl (C=O) groups is 1. The van der Waals surface area contributed by atoms with Crippen molar-refractivity contribution in [2.75, 3.05) is 40.4 Å². The number of halogens is 2. The molecule has 0 bridgehead atoms. The van der Waals surface area contributed by atoms with Gasteiger partial charge >= 0.3 is 0 Å². The summed E-state index contributed by atoms with van der Waals surface area (Å²) in [4.78, 5) is 14.3. The van der Waals surface area contributed by atoms with Crippen LogP contribution in [-0.2, 0) is 16.0 Å². The van der Waals surface area contributed by atoms with Crippen LogP contribution in [0.5, 0.6) is 0 Å². The van der Waals surface area contributed by atoms with Crippen LogP contribution >= 0.6 is 24.8 Å². The molecule has 2 atom stereocenters. The lowest BCUT2D eigenvalue weighted by Crippen LogP contribution is -2.45. The lowest BCUT2D eigenvalue weighted by molar-refractivity contribution is -0.122. The predicted molar refractivity (Wildman–Crippen MR) is 107 cm³/mol. The SMILES string of the molecule is CCc1ccc(C(CNC(=O)CC2COCCN2)N(C)C)cc1.Cl.Cl. The number of aryl methyl sites for hydroxylation is 1. The van der Waals surface area contributed by atoms with Gasteiger partial charge in [-0.1, -0.05) is 31.2 Å². The number of hydrogen-bond donors (Lipinski definition) is 2. The second-order valence-corrected chi connectivity index (χ2v) is 6.31. The highest BCUT2D eigenvalue weighted by molar-refractivity contribution is 5.85. The first kappa shape index (κ1) is 24.1. The molecule has 1 aliphatic rings. The van der Waals surface area contributed by atoms with E-state index in [-0.39, 0.29) is 42.8 Å². The molecule has 0 radical (unpaired) electrons. The number of amides is 1. The van der Waals surface area contributed by atoms with Crippen LogP contribution in [0.15, 0.2) is 24.3 Å². The zero-order valence-corrected chi connectivity index (χ0v) is 16.9. The van der Waals surface area contributed by atoms with Crippen molar-refractivity contribution in [2.24, 2.45) is 0 Å². The molecule has 2 N–H and O–H groups in total. The quantitative estimate of drug-likeness (QED) is 0.747. The lowest BCUT2D eigenvalue weighted by Gasteiger charge is -2.27. The van der Waals surface area contributed by atoms with E-state index in [0.717, 1.165) is 19.6 Å². The Labute approximate surface area is 163 Å². The second kappa shape index (κ2) is 12.5. The Bertz CT molecular complexity index is 492. The van der Waals surface area contributed by atoms with Crippen molar-refractivity contribution in [3.8, 4) is 0 Å². The Morgan fingerprint density at radius 2 is 2.00 bits per heavy atom. The molecule has 0 saturated carbocycles. The largest absolute Gasteiger partial charge is 0.378 e. The standard InChI is InChI=1S/C18H29N3O2.2ClH/c1-4-14-5-7-15(8-6-14)17(21(2)3)12-20-18(22)11-16-13-23-10-9-19-16;;/h5-8,16-17,19H,4,9-13H2,1-3H3,(H,20,22);2*1H. The van der Waals surface area contributed by atoms with Gasteiger partial charge in [-0.3, -0.25) is 4.79 Å². The minimum atomic E-state index is 0. The predicted octanol–water partition coefficient (Wildman–Crippen LogP) is 2.19. The molecule has 1 aromatic rings. The van der Waals surface area contributed by atoms with Crippen molar-refractivity contribution >= 4 is 30.7 Å². The van der Waals surface area contributed by atoms with E-state index in [4.69, 9.17) is 4.74 Å². The Kier molecular flexibility index (Phi) is 12.1. The number of ether oxygens (including phenoxy) is 1. The smallest absolute Gasteiger partial charge is 0.221 e. The molecule has 1 amide bonds. The summed E-state index contributed by atoms with van der Waals surface area (Å²) in [5, 5.41) is 6.37. The van der Waals surface area contributed by atoms with Crippen molar-refractivity contribution in [2.45, 2.75) is 31.8 Å². The molecular formula is C18H31Cl2N3O2. The molecule has 144 valence electrons. The molecule has 1 fully saturated rings. The summed E-state index contributed by atoms with van der Waals surface area (Å²) in [5.41, 5.74) is 2.56. The van der Waals surface area contributed by atoms with Crippen LogP contribution in [0.2, 0.25) is 0 Å². The number of likely N-dealkylation sites (N-methyl/N-ethyl adjacent to an activating group) is 1. The van der Waals surface area contributed by atoms with Crippen molar-refractivity contribution in [1.82, 2.24) is 15.5 Å². The average Bonchev–Trinajstić information content (AvgIpc) is 2.56. The Morgan fingerprint density at radius 1 is 1.32 bits per heavy atom. The molecule has 7 heteroatoms. The zero-order valence-electron chi connectivity index (χ0n) is 15.3. The highest BCUT2D eigenvalue weighted by Gasteiger charge is 2.19. The van der Waals surface area contributed by atoms with E-state index < -0.39 is 0 Å². The van der Waals surface area contributed by atoms with Crippen molar-refractivity contribution in [1.29, 1.82) is 0 Å². The van der Waals surface area contributed by atoms with Gasteiger partial charge in [0.2, 0.25) is 5.91 Å². The van der Waals surface area contributed by atoms with Gasteiger partial charge in [-0.05, 0) is 31.6 Å². The van der Waals surface area contributed by atoms with Gasteiger partial charge in [0.15, 0.2) is 0 Å². The normalized spacial score (nSPS) is 18.0. The zero-order chi connectivity index (χ0) is 16.7. The van der Waals surface area contributed by atoms with Gasteiger partial charge < -0.3 is 20.3 Å². The lowest BCUT2D eigenvalue weighted by atomic mass is 10.0. The Morgan fingerprint density at radius 3 is 2.52 bits per heavy atom. The molecule has 1 saturated heterocycles. The highest BCUT2D eigenvalue weighted by Crippen LogP contribution is 2.18. The van der Waals surface area contributed by atoms with Crippen LogP contribution in [0.1, 0.15) is 30.5 Å². The van der Waals surface area contributed by atoms with Gasteiger partial charge in [0.05, 0.1) is 19.3 Å². The van der Waals surface area contributed by atoms with Gasteiger partial charge in [-0.2, -0.15) is 0 Å². The molecule has 1 aromatic carbocycles. The van der Waals surface area contributed by atoms with Gasteiger partial charge in [0, 0.05) is 25.6 Å². The molecular weight excluding hydrogens is 361 g/mol. The summed E-state index contributed by atoms with van der Waals surface area (Å²) >= 11 is 0. The maximum atomic E-state index is 12.1. The maximum absolute atomic E-state index is 12.1. The molecule has 2 rings (SSSR count). The van der Waals surface area contributed by atoms with Gasteiger partial charge in [0.1, 0.15) is 0 Å². The van der Waals surface area contributed by atoms with E-state index in [1.165, 1.54) is 11.1 Å². The van der Waals surface area contributed by atoms with Crippen LogP contribution in [-0.4, -0.2) is 57.2 Å². The number of benzene rings is 1. The molecule has 0 aromatic heterocycles. The van der Waals surface area contributed by atoms with Crippen LogP contribution < -0.4 is 10.6 Å². The molecule has 0 spiro atoms. The minimum Gasteiger partial charge on any atom is -0.378 e. The molecule has 5 nitrogen and oxygen atoms in total. The topological polar surface area (TPSA) is 53.6 Å². The van der Waals surface area contributed by atoms with Crippen LogP contribution in [0.4, 0.5) is 0 Å². The summed E-state index contributed by atoms with van der Waals surface area (Å²) < 4.78 is 5.39. The summed E-state index contributed by atoms with van der Waals surface area (Å²) in [5.74, 6) is 0.0741. The maximum Gasteiger partial charge on any atom is 0.221 e. The third-order valence-electron chi connectivity index (χ3n) is 4.32. The molecule has 25 heavy (non-hydrogen) atoms. The number of carbonyl (C=O) groups excluding carboxylic acids is 1. The third-order valence-corrected chi connectivity index (χ3v) is 4.32. The summed E-state index contributed by atoms with van der Waals surface area (Å²) in [7, 11) is 4.09. The van der Waals surface area contributed by atoms with Crippen LogP contribution in [0.3, 0.4) is 0 Å². The van der Waals surface area contributed by atoms with Crippen molar-refractivity contribution in [3.63, 3.8) is 0 Å². The first-order valence-corrected chi connectivity index (χ1v) is 8.43. The number of nitrogens with one attached hydrogen (secondary N) is 2. The fraction of sp³-hybridized carbons (Fsp3) is 0.611. The number of rotatable bonds is 7. The van der Waals surface area contributed by atoms with E-state index in [0.29, 0.717) is 19.6 Å². The number of nitrogens with zero attached hydrogens (tertiary/aromatic N) is 1. The van der Waals surface area contributed by atoms with E-state index in [2.05, 4.69) is 46.7 Å². The number of morpholine rings is 1. The molecule has 1 heterocycles. The van der Waals surface area contributed by atoms with Gasteiger partial charge in [-0.25, -0.2) is 0 Å². The fourth-order valence-electron chi connectivity index (χ4n) is 2.83. The van der Waals surface area contributed by atoms with Crippen LogP contribution in [0.25, 0.3) is 0 Å². The summed E-state index contributed by atoms with van der Waals surface area (Å²) in [6.07, 6.45) is 1.51. The second-order valence-electron chi connectivity index (χ2n) is 6.31. The third kappa shape index (κ3) is 7.92. The van der Waals surface area contributed by atoms with Crippen LogP contribution in [0, 0.1) is 0 Å². The number of hydrogen-bond acceptors (Lipinski definition) is 4. The van der Waals surface area contributed by atoms with E-state index in [9.17, 15) is 4.79 Å². The van der Waals surface area contributed by atoms with E-state index in [1.807, 2.05) is 14.1 Å². The monoisotopic (exact) mass is 391 g/mol. The first-order chi connectivity index (χ1) is 11.1. The van der Waals surface area contributed by atoms with Crippen molar-refractivity contribution < 1.29 is 9.53 Å². The first-order valence-electron chi connectivity index (χ1n) is 8.43. The van der Waals surface area contributed by atoms with Gasteiger partial charge in [-0.15, -0.1) is 24.8 Å². The fourth-order valence-corrected chi connectivity index (χ4v) is 2.83. The van der Waals surface area contributed by atoms with Gasteiger partial charge in [0.25, 0.3) is 0 Å². The van der Waals surface area contributed by atoms with E-state index >= 15 is 0 Å². The van der Waals surface area contributed by atoms with E-state index in [1.54, 1.807) is 0 Å². The summed E-state index contributed by atoms with van der Waals surface area (Å²) in [6, 6.07) is 8.96. The minimum absolute atomic E-state index is 0. The molecule has 0 aliphatic carbocycles.